The van der Waals surface area contributed by atoms with Gasteiger partial charge in [0.25, 0.3) is 11.5 Å². The van der Waals surface area contributed by atoms with Crippen LogP contribution in [-0.4, -0.2) is 10.9 Å². The molecule has 0 spiro atoms. The molecule has 4 nitrogen and oxygen atoms in total. The van der Waals surface area contributed by atoms with Gasteiger partial charge in [-0.25, -0.2) is 4.39 Å². The summed E-state index contributed by atoms with van der Waals surface area (Å²) in [5.74, 6) is -1.52. The van der Waals surface area contributed by atoms with Crippen LogP contribution in [0.4, 0.5) is 23.2 Å². The van der Waals surface area contributed by atoms with Crippen molar-refractivity contribution in [1.82, 2.24) is 4.98 Å². The number of aromatic nitrogens is 1. The molecule has 0 radical (unpaired) electrons. The summed E-state index contributed by atoms with van der Waals surface area (Å²) in [6.07, 6.45) is -4.16. The number of amides is 1. The van der Waals surface area contributed by atoms with E-state index in [1.807, 2.05) is 10.3 Å². The molecular weight excluding hydrogens is 304 g/mol. The Morgan fingerprint density at radius 2 is 1.91 bits per heavy atom. The van der Waals surface area contributed by atoms with Gasteiger partial charge >= 0.3 is 6.18 Å². The lowest BCUT2D eigenvalue weighted by Gasteiger charge is -2.09. The van der Waals surface area contributed by atoms with Gasteiger partial charge in [-0.1, -0.05) is 6.07 Å². The van der Waals surface area contributed by atoms with Crippen LogP contribution in [0, 0.1) is 12.7 Å². The van der Waals surface area contributed by atoms with Crippen LogP contribution in [0.2, 0.25) is 0 Å². The van der Waals surface area contributed by atoms with Crippen molar-refractivity contribution in [2.75, 3.05) is 5.32 Å². The van der Waals surface area contributed by atoms with Crippen LogP contribution in [0.15, 0.2) is 35.3 Å². The van der Waals surface area contributed by atoms with Gasteiger partial charge in [0.15, 0.2) is 0 Å². The molecule has 0 bridgehead atoms. The SMILES string of the molecule is Cc1ccc(C(=O)Nc2cc(C(F)(F)F)c[nH]c2=O)cc1F. The third-order valence-electron chi connectivity index (χ3n) is 2.91. The summed E-state index contributed by atoms with van der Waals surface area (Å²) < 4.78 is 51.1. The highest BCUT2D eigenvalue weighted by atomic mass is 19.4. The van der Waals surface area contributed by atoms with Gasteiger partial charge in [-0.15, -0.1) is 0 Å². The molecule has 1 heterocycles. The molecule has 2 rings (SSSR count). The molecule has 0 atom stereocenters. The van der Waals surface area contributed by atoms with Crippen molar-refractivity contribution in [3.8, 4) is 0 Å². The van der Waals surface area contributed by atoms with E-state index in [4.69, 9.17) is 0 Å². The molecule has 0 aliphatic heterocycles. The Bertz CT molecular complexity index is 781. The first-order valence-electron chi connectivity index (χ1n) is 6.06. The highest BCUT2D eigenvalue weighted by Crippen LogP contribution is 2.29. The standard InChI is InChI=1S/C14H10F4N2O2/c1-7-2-3-8(4-10(7)15)12(21)20-11-5-9(14(16,17)18)6-19-13(11)22/h2-6H,1H3,(H,19,22)(H,20,21). The average Bonchev–Trinajstić information content (AvgIpc) is 2.43. The summed E-state index contributed by atoms with van der Waals surface area (Å²) >= 11 is 0. The lowest BCUT2D eigenvalue weighted by molar-refractivity contribution is -0.137. The van der Waals surface area contributed by atoms with E-state index in [-0.39, 0.29) is 5.56 Å². The maximum atomic E-state index is 13.4. The number of alkyl halides is 3. The summed E-state index contributed by atoms with van der Waals surface area (Å²) in [4.78, 5) is 25.2. The molecule has 0 saturated heterocycles. The third-order valence-corrected chi connectivity index (χ3v) is 2.91. The van der Waals surface area contributed by atoms with Crippen LogP contribution in [0.1, 0.15) is 21.5 Å². The quantitative estimate of drug-likeness (QED) is 0.837. The number of aromatic amines is 1. The average molecular weight is 314 g/mol. The summed E-state index contributed by atoms with van der Waals surface area (Å²) in [5, 5.41) is 2.04. The molecular formula is C14H10F4N2O2. The first-order valence-corrected chi connectivity index (χ1v) is 6.06. The Morgan fingerprint density at radius 1 is 1.23 bits per heavy atom. The number of carbonyl (C=O) groups is 1. The van der Waals surface area contributed by atoms with Crippen LogP contribution in [-0.2, 0) is 6.18 Å². The van der Waals surface area contributed by atoms with Crippen LogP contribution >= 0.6 is 0 Å². The minimum absolute atomic E-state index is 0.111. The first-order chi connectivity index (χ1) is 10.2. The van der Waals surface area contributed by atoms with E-state index in [2.05, 4.69) is 0 Å². The molecule has 0 fully saturated rings. The fraction of sp³-hybridized carbons (Fsp3) is 0.143. The zero-order valence-corrected chi connectivity index (χ0v) is 11.2. The van der Waals surface area contributed by atoms with Crippen molar-refractivity contribution in [1.29, 1.82) is 0 Å². The Balaban J connectivity index is 2.32. The van der Waals surface area contributed by atoms with Gasteiger partial charge in [0.05, 0.1) is 5.56 Å². The number of carbonyl (C=O) groups excluding carboxylic acids is 1. The van der Waals surface area contributed by atoms with Crippen molar-refractivity contribution in [2.45, 2.75) is 13.1 Å². The fourth-order valence-electron chi connectivity index (χ4n) is 1.67. The number of aryl methyl sites for hydroxylation is 1. The fourth-order valence-corrected chi connectivity index (χ4v) is 1.67. The Labute approximate surface area is 121 Å². The second-order valence-corrected chi connectivity index (χ2v) is 4.55. The third kappa shape index (κ3) is 3.33. The largest absolute Gasteiger partial charge is 0.417 e. The Kier molecular flexibility index (Phi) is 4.03. The molecule has 116 valence electrons. The smallest absolute Gasteiger partial charge is 0.327 e. The van der Waals surface area contributed by atoms with Gasteiger partial charge in [-0.3, -0.25) is 9.59 Å². The van der Waals surface area contributed by atoms with Gasteiger partial charge in [0, 0.05) is 11.8 Å². The summed E-state index contributed by atoms with van der Waals surface area (Å²) in [6, 6.07) is 4.10. The molecule has 1 amide bonds. The molecule has 1 aromatic heterocycles. The molecule has 2 N–H and O–H groups in total. The molecule has 0 unspecified atom stereocenters. The van der Waals surface area contributed by atoms with Gasteiger partial charge in [0.2, 0.25) is 0 Å². The predicted molar refractivity (Wildman–Crippen MR) is 71.2 cm³/mol. The van der Waals surface area contributed by atoms with Crippen LogP contribution < -0.4 is 10.9 Å². The van der Waals surface area contributed by atoms with Gasteiger partial charge < -0.3 is 10.3 Å². The lowest BCUT2D eigenvalue weighted by atomic mass is 10.1. The van der Waals surface area contributed by atoms with Gasteiger partial charge in [-0.05, 0) is 30.7 Å². The maximum absolute atomic E-state index is 13.4. The van der Waals surface area contributed by atoms with Crippen molar-refractivity contribution in [3.63, 3.8) is 0 Å². The number of hydrogen-bond acceptors (Lipinski definition) is 2. The zero-order chi connectivity index (χ0) is 16.5. The van der Waals surface area contributed by atoms with Crippen molar-refractivity contribution < 1.29 is 22.4 Å². The molecule has 1 aromatic carbocycles. The topological polar surface area (TPSA) is 62.0 Å². The number of pyridine rings is 1. The summed E-state index contributed by atoms with van der Waals surface area (Å²) in [5.41, 5.74) is -2.37. The van der Waals surface area contributed by atoms with Gasteiger partial charge in [0.1, 0.15) is 11.5 Å². The van der Waals surface area contributed by atoms with E-state index < -0.39 is 34.7 Å². The van der Waals surface area contributed by atoms with E-state index in [0.717, 1.165) is 6.07 Å². The summed E-state index contributed by atoms with van der Waals surface area (Å²) in [7, 11) is 0. The van der Waals surface area contributed by atoms with Gasteiger partial charge in [-0.2, -0.15) is 13.2 Å². The van der Waals surface area contributed by atoms with Crippen LogP contribution in [0.25, 0.3) is 0 Å². The maximum Gasteiger partial charge on any atom is 0.417 e. The van der Waals surface area contributed by atoms with Crippen molar-refractivity contribution in [2.24, 2.45) is 0 Å². The molecule has 8 heteroatoms. The summed E-state index contributed by atoms with van der Waals surface area (Å²) in [6.45, 7) is 1.49. The number of hydrogen-bond donors (Lipinski definition) is 2. The number of anilines is 1. The normalized spacial score (nSPS) is 11.3. The molecule has 2 aromatic rings. The molecule has 0 aliphatic rings. The van der Waals surface area contributed by atoms with E-state index in [1.165, 1.54) is 19.1 Å². The highest BCUT2D eigenvalue weighted by Gasteiger charge is 2.31. The number of H-pyrrole nitrogens is 1. The van der Waals surface area contributed by atoms with E-state index >= 15 is 0 Å². The Morgan fingerprint density at radius 3 is 2.50 bits per heavy atom. The van der Waals surface area contributed by atoms with Crippen molar-refractivity contribution >= 4 is 11.6 Å². The second-order valence-electron chi connectivity index (χ2n) is 4.55. The number of benzene rings is 1. The van der Waals surface area contributed by atoms with E-state index in [9.17, 15) is 27.2 Å². The van der Waals surface area contributed by atoms with E-state index in [0.29, 0.717) is 17.8 Å². The number of rotatable bonds is 2. The molecule has 0 aliphatic carbocycles. The van der Waals surface area contributed by atoms with Crippen LogP contribution in [0.3, 0.4) is 0 Å². The number of nitrogens with one attached hydrogen (secondary N) is 2. The van der Waals surface area contributed by atoms with Crippen molar-refractivity contribution in [3.05, 3.63) is 63.3 Å². The first kappa shape index (κ1) is 15.7. The van der Waals surface area contributed by atoms with Crippen LogP contribution in [0.5, 0.6) is 0 Å². The van der Waals surface area contributed by atoms with E-state index in [1.54, 1.807) is 0 Å². The minimum atomic E-state index is -4.67. The lowest BCUT2D eigenvalue weighted by Crippen LogP contribution is -2.21. The number of halogens is 4. The highest BCUT2D eigenvalue weighted by molar-refractivity contribution is 6.04. The minimum Gasteiger partial charge on any atom is -0.327 e. The second kappa shape index (κ2) is 5.63. The predicted octanol–water partition coefficient (Wildman–Crippen LogP) is 3.09. The monoisotopic (exact) mass is 314 g/mol. The zero-order valence-electron chi connectivity index (χ0n) is 11.2. The molecule has 22 heavy (non-hydrogen) atoms. The molecule has 0 saturated carbocycles. The Hall–Kier alpha value is -2.64.